The molecule has 0 saturated carbocycles. The van der Waals surface area contributed by atoms with Crippen molar-refractivity contribution in [1.29, 1.82) is 0 Å². The van der Waals surface area contributed by atoms with E-state index in [2.05, 4.69) is 41.2 Å². The fraction of sp³-hybridized carbons (Fsp3) is 0.812. The van der Waals surface area contributed by atoms with Crippen molar-refractivity contribution in [2.75, 3.05) is 6.54 Å². The molecule has 0 fully saturated rings. The van der Waals surface area contributed by atoms with Crippen LogP contribution in [-0.2, 0) is 6.42 Å². The summed E-state index contributed by atoms with van der Waals surface area (Å²) in [5.74, 6) is 2.87. The minimum atomic E-state index is 0. The number of aliphatic imine (C=N–C) groups is 1. The molecule has 1 rings (SSSR count). The molecular weight excluding hydrogens is 405 g/mol. The predicted molar refractivity (Wildman–Crippen MR) is 105 cm³/mol. The van der Waals surface area contributed by atoms with E-state index in [4.69, 9.17) is 10.3 Å². The summed E-state index contributed by atoms with van der Waals surface area (Å²) in [7, 11) is 0. The zero-order valence-corrected chi connectivity index (χ0v) is 17.3. The highest BCUT2D eigenvalue weighted by Crippen LogP contribution is 2.10. The SMILES string of the molecule is CC(C)CCCC(C)NC(N)=NCCc1nc(C(C)C)no1.I. The molecule has 134 valence electrons. The summed E-state index contributed by atoms with van der Waals surface area (Å²) in [6.45, 7) is 11.3. The van der Waals surface area contributed by atoms with Crippen LogP contribution in [0.2, 0.25) is 0 Å². The highest BCUT2D eigenvalue weighted by atomic mass is 127. The first kappa shape index (κ1) is 22.1. The molecule has 0 saturated heterocycles. The van der Waals surface area contributed by atoms with Gasteiger partial charge in [-0.15, -0.1) is 24.0 Å². The van der Waals surface area contributed by atoms with E-state index >= 15 is 0 Å². The molecule has 1 unspecified atom stereocenters. The Labute approximate surface area is 157 Å². The number of hydrogen-bond donors (Lipinski definition) is 2. The van der Waals surface area contributed by atoms with E-state index in [1.807, 2.05) is 13.8 Å². The van der Waals surface area contributed by atoms with E-state index in [0.717, 1.165) is 18.2 Å². The Morgan fingerprint density at radius 2 is 1.91 bits per heavy atom. The van der Waals surface area contributed by atoms with Crippen LogP contribution < -0.4 is 11.1 Å². The molecular formula is C16H32IN5O. The number of rotatable bonds is 9. The molecule has 6 nitrogen and oxygen atoms in total. The van der Waals surface area contributed by atoms with E-state index in [0.29, 0.717) is 30.9 Å². The van der Waals surface area contributed by atoms with Crippen LogP contribution in [0.5, 0.6) is 0 Å². The highest BCUT2D eigenvalue weighted by molar-refractivity contribution is 14.0. The Hall–Kier alpha value is -0.860. The number of nitrogens with two attached hydrogens (primary N) is 1. The molecule has 0 aliphatic rings. The lowest BCUT2D eigenvalue weighted by Gasteiger charge is -2.14. The number of guanidine groups is 1. The second-order valence-corrected chi connectivity index (χ2v) is 6.59. The van der Waals surface area contributed by atoms with Crippen molar-refractivity contribution in [1.82, 2.24) is 15.5 Å². The minimum Gasteiger partial charge on any atom is -0.370 e. The zero-order chi connectivity index (χ0) is 16.5. The summed E-state index contributed by atoms with van der Waals surface area (Å²) in [6, 6.07) is 0.346. The third-order valence-electron chi connectivity index (χ3n) is 3.42. The fourth-order valence-electron chi connectivity index (χ4n) is 2.08. The Bertz CT molecular complexity index is 459. The van der Waals surface area contributed by atoms with Crippen LogP contribution in [-0.4, -0.2) is 28.7 Å². The van der Waals surface area contributed by atoms with Crippen LogP contribution in [0, 0.1) is 5.92 Å². The third kappa shape index (κ3) is 9.78. The first-order valence-corrected chi connectivity index (χ1v) is 8.27. The molecule has 0 aromatic carbocycles. The third-order valence-corrected chi connectivity index (χ3v) is 3.42. The maximum Gasteiger partial charge on any atom is 0.228 e. The van der Waals surface area contributed by atoms with Crippen LogP contribution in [0.3, 0.4) is 0 Å². The summed E-state index contributed by atoms with van der Waals surface area (Å²) < 4.78 is 5.17. The number of hydrogen-bond acceptors (Lipinski definition) is 4. The van der Waals surface area contributed by atoms with Crippen LogP contribution in [0.25, 0.3) is 0 Å². The van der Waals surface area contributed by atoms with Gasteiger partial charge in [-0.05, 0) is 19.3 Å². The van der Waals surface area contributed by atoms with Gasteiger partial charge >= 0.3 is 0 Å². The van der Waals surface area contributed by atoms with Gasteiger partial charge < -0.3 is 15.6 Å². The molecule has 0 aliphatic heterocycles. The van der Waals surface area contributed by atoms with Gasteiger partial charge in [0.05, 0.1) is 6.54 Å². The number of halogens is 1. The molecule has 0 radical (unpaired) electrons. The van der Waals surface area contributed by atoms with Gasteiger partial charge in [-0.3, -0.25) is 4.99 Å². The molecule has 0 spiro atoms. The van der Waals surface area contributed by atoms with Gasteiger partial charge in [-0.25, -0.2) is 0 Å². The van der Waals surface area contributed by atoms with Crippen LogP contribution in [0.4, 0.5) is 0 Å². The van der Waals surface area contributed by atoms with E-state index in [-0.39, 0.29) is 29.9 Å². The quantitative estimate of drug-likeness (QED) is 0.351. The fourth-order valence-corrected chi connectivity index (χ4v) is 2.08. The Morgan fingerprint density at radius 3 is 2.48 bits per heavy atom. The Balaban J connectivity index is 0.00000484. The molecule has 1 aromatic rings. The van der Waals surface area contributed by atoms with Crippen molar-refractivity contribution < 1.29 is 4.52 Å². The smallest absolute Gasteiger partial charge is 0.228 e. The lowest BCUT2D eigenvalue weighted by atomic mass is 10.0. The van der Waals surface area contributed by atoms with Crippen LogP contribution >= 0.6 is 24.0 Å². The van der Waals surface area contributed by atoms with Crippen molar-refractivity contribution in [2.24, 2.45) is 16.6 Å². The van der Waals surface area contributed by atoms with E-state index in [9.17, 15) is 0 Å². The monoisotopic (exact) mass is 437 g/mol. The van der Waals surface area contributed by atoms with Gasteiger partial charge in [0.1, 0.15) is 0 Å². The molecule has 1 aromatic heterocycles. The second-order valence-electron chi connectivity index (χ2n) is 6.59. The van der Waals surface area contributed by atoms with Crippen molar-refractivity contribution >= 4 is 29.9 Å². The number of aromatic nitrogens is 2. The van der Waals surface area contributed by atoms with E-state index in [1.165, 1.54) is 12.8 Å². The van der Waals surface area contributed by atoms with Gasteiger partial charge in [0, 0.05) is 18.4 Å². The van der Waals surface area contributed by atoms with Crippen LogP contribution in [0.15, 0.2) is 9.52 Å². The first-order chi connectivity index (χ1) is 10.4. The normalized spacial score (nSPS) is 13.3. The minimum absolute atomic E-state index is 0. The summed E-state index contributed by atoms with van der Waals surface area (Å²) in [6.07, 6.45) is 4.18. The van der Waals surface area contributed by atoms with Crippen molar-refractivity contribution in [3.05, 3.63) is 11.7 Å². The van der Waals surface area contributed by atoms with Gasteiger partial charge in [0.15, 0.2) is 11.8 Å². The molecule has 0 amide bonds. The summed E-state index contributed by atoms with van der Waals surface area (Å²) in [5, 5.41) is 7.15. The zero-order valence-electron chi connectivity index (χ0n) is 15.0. The first-order valence-electron chi connectivity index (χ1n) is 8.27. The maximum atomic E-state index is 5.90. The van der Waals surface area contributed by atoms with Gasteiger partial charge in [0.25, 0.3) is 0 Å². The van der Waals surface area contributed by atoms with Crippen molar-refractivity contribution in [2.45, 2.75) is 72.3 Å². The molecule has 23 heavy (non-hydrogen) atoms. The summed E-state index contributed by atoms with van der Waals surface area (Å²) in [5.41, 5.74) is 5.90. The average Bonchev–Trinajstić information content (AvgIpc) is 2.87. The number of nitrogens with one attached hydrogen (secondary N) is 1. The lowest BCUT2D eigenvalue weighted by Crippen LogP contribution is -2.38. The molecule has 1 heterocycles. The average molecular weight is 437 g/mol. The second kappa shape index (κ2) is 11.6. The van der Waals surface area contributed by atoms with Crippen LogP contribution in [0.1, 0.15) is 71.5 Å². The van der Waals surface area contributed by atoms with Gasteiger partial charge in [-0.1, -0.05) is 45.7 Å². The summed E-state index contributed by atoms with van der Waals surface area (Å²) >= 11 is 0. The van der Waals surface area contributed by atoms with E-state index in [1.54, 1.807) is 0 Å². The van der Waals surface area contributed by atoms with E-state index < -0.39 is 0 Å². The molecule has 0 aliphatic carbocycles. The number of nitrogens with zero attached hydrogens (tertiary/aromatic N) is 3. The molecule has 3 N–H and O–H groups in total. The highest BCUT2D eigenvalue weighted by Gasteiger charge is 2.09. The summed E-state index contributed by atoms with van der Waals surface area (Å²) in [4.78, 5) is 8.63. The van der Waals surface area contributed by atoms with Crippen molar-refractivity contribution in [3.8, 4) is 0 Å². The topological polar surface area (TPSA) is 89.3 Å². The lowest BCUT2D eigenvalue weighted by molar-refractivity contribution is 0.372. The largest absolute Gasteiger partial charge is 0.370 e. The Morgan fingerprint density at radius 1 is 1.22 bits per heavy atom. The van der Waals surface area contributed by atoms with Gasteiger partial charge in [0.2, 0.25) is 5.89 Å². The Kier molecular flexibility index (Phi) is 11.2. The van der Waals surface area contributed by atoms with Crippen molar-refractivity contribution in [3.63, 3.8) is 0 Å². The molecule has 0 bridgehead atoms. The molecule has 7 heteroatoms. The maximum absolute atomic E-state index is 5.90. The predicted octanol–water partition coefficient (Wildman–Crippen LogP) is 3.47. The van der Waals surface area contributed by atoms with Gasteiger partial charge in [-0.2, -0.15) is 4.98 Å². The standard InChI is InChI=1S/C16H31N5O.HI/c1-11(2)7-6-8-13(5)19-16(17)18-10-9-14-20-15(12(3)4)21-22-14;/h11-13H,6-10H2,1-5H3,(H3,17,18,19);1H. The molecule has 1 atom stereocenters.